The molecule has 1 aliphatic rings. The van der Waals surface area contributed by atoms with Gasteiger partial charge in [-0.3, -0.25) is 4.79 Å². The summed E-state index contributed by atoms with van der Waals surface area (Å²) in [5.74, 6) is -1.70. The van der Waals surface area contributed by atoms with E-state index in [-0.39, 0.29) is 11.5 Å². The minimum Gasteiger partial charge on any atom is -0.321 e. The molecule has 1 unspecified atom stereocenters. The molecule has 2 rings (SSSR count). The first-order valence-electron chi connectivity index (χ1n) is 4.84. The first-order chi connectivity index (χ1) is 7.09. The predicted octanol–water partition coefficient (Wildman–Crippen LogP) is 1.88. The second kappa shape index (κ2) is 3.70. The lowest BCUT2D eigenvalue weighted by atomic mass is 10.0. The van der Waals surface area contributed by atoms with Crippen molar-refractivity contribution in [2.75, 3.05) is 0 Å². The zero-order chi connectivity index (χ0) is 11.0. The minimum absolute atomic E-state index is 0.139. The lowest BCUT2D eigenvalue weighted by molar-refractivity contribution is 0.0947. The van der Waals surface area contributed by atoms with Gasteiger partial charge >= 0.3 is 0 Å². The van der Waals surface area contributed by atoms with Crippen LogP contribution >= 0.6 is 0 Å². The maximum atomic E-state index is 13.2. The molecule has 0 spiro atoms. The van der Waals surface area contributed by atoms with Crippen molar-refractivity contribution in [2.24, 2.45) is 11.7 Å². The fourth-order valence-corrected chi connectivity index (χ4v) is 1.54. The monoisotopic (exact) mass is 211 g/mol. The van der Waals surface area contributed by atoms with Gasteiger partial charge in [-0.25, -0.2) is 8.78 Å². The number of benzene rings is 1. The lowest BCUT2D eigenvalue weighted by Gasteiger charge is -2.09. The summed E-state index contributed by atoms with van der Waals surface area (Å²) in [4.78, 5) is 11.7. The van der Waals surface area contributed by atoms with E-state index in [2.05, 4.69) is 0 Å². The van der Waals surface area contributed by atoms with Crippen molar-refractivity contribution in [3.63, 3.8) is 0 Å². The van der Waals surface area contributed by atoms with Gasteiger partial charge in [-0.2, -0.15) is 0 Å². The van der Waals surface area contributed by atoms with Gasteiger partial charge in [-0.05, 0) is 37.0 Å². The number of ketones is 1. The maximum absolute atomic E-state index is 13.2. The number of carbonyl (C=O) groups excluding carboxylic acids is 1. The zero-order valence-electron chi connectivity index (χ0n) is 8.04. The van der Waals surface area contributed by atoms with Crippen molar-refractivity contribution in [3.8, 4) is 0 Å². The summed E-state index contributed by atoms with van der Waals surface area (Å²) in [5, 5.41) is 0. The summed E-state index contributed by atoms with van der Waals surface area (Å²) in [6.45, 7) is 0. The van der Waals surface area contributed by atoms with Crippen LogP contribution < -0.4 is 5.73 Å². The van der Waals surface area contributed by atoms with Crippen LogP contribution in [0.4, 0.5) is 8.78 Å². The molecule has 2 N–H and O–H groups in total. The Kier molecular flexibility index (Phi) is 2.52. The van der Waals surface area contributed by atoms with Crippen molar-refractivity contribution in [2.45, 2.75) is 18.9 Å². The third kappa shape index (κ3) is 2.04. The summed E-state index contributed by atoms with van der Waals surface area (Å²) < 4.78 is 26.0. The van der Waals surface area contributed by atoms with Gasteiger partial charge in [0.15, 0.2) is 5.78 Å². The van der Waals surface area contributed by atoms with Crippen molar-refractivity contribution in [1.82, 2.24) is 0 Å². The molecular formula is C11H11F2NO. The number of hydrogen-bond acceptors (Lipinski definition) is 2. The number of rotatable bonds is 3. The zero-order valence-corrected chi connectivity index (χ0v) is 8.04. The Hall–Kier alpha value is -1.29. The average Bonchev–Trinajstić information content (AvgIpc) is 3.03. The van der Waals surface area contributed by atoms with E-state index in [1.54, 1.807) is 0 Å². The van der Waals surface area contributed by atoms with Gasteiger partial charge < -0.3 is 5.73 Å². The van der Waals surface area contributed by atoms with Crippen molar-refractivity contribution < 1.29 is 13.6 Å². The number of halogens is 2. The molecule has 1 atom stereocenters. The van der Waals surface area contributed by atoms with E-state index < -0.39 is 23.5 Å². The first-order valence-corrected chi connectivity index (χ1v) is 4.84. The Morgan fingerprint density at radius 1 is 1.40 bits per heavy atom. The molecule has 0 bridgehead atoms. The van der Waals surface area contributed by atoms with Crippen LogP contribution in [0.3, 0.4) is 0 Å². The third-order valence-electron chi connectivity index (χ3n) is 2.63. The molecule has 0 saturated heterocycles. The predicted molar refractivity (Wildman–Crippen MR) is 51.4 cm³/mol. The highest BCUT2D eigenvalue weighted by Gasteiger charge is 2.34. The molecule has 1 saturated carbocycles. The van der Waals surface area contributed by atoms with Gasteiger partial charge in [0, 0.05) is 0 Å². The van der Waals surface area contributed by atoms with E-state index in [9.17, 15) is 13.6 Å². The molecule has 1 aliphatic carbocycles. The molecule has 0 radical (unpaired) electrons. The molecule has 15 heavy (non-hydrogen) atoms. The smallest absolute Gasteiger partial charge is 0.182 e. The standard InChI is InChI=1S/C11H11F2NO/c12-7-3-4-9(13)8(5-7)11(15)10(14)6-1-2-6/h3-6,10H,1-2,14H2. The summed E-state index contributed by atoms with van der Waals surface area (Å²) >= 11 is 0. The average molecular weight is 211 g/mol. The molecule has 80 valence electrons. The second-order valence-corrected chi connectivity index (χ2v) is 3.85. The van der Waals surface area contributed by atoms with Crippen molar-refractivity contribution >= 4 is 5.78 Å². The van der Waals surface area contributed by atoms with Gasteiger partial charge in [0.25, 0.3) is 0 Å². The van der Waals surface area contributed by atoms with Crippen LogP contribution in [-0.4, -0.2) is 11.8 Å². The molecule has 0 amide bonds. The maximum Gasteiger partial charge on any atom is 0.182 e. The lowest BCUT2D eigenvalue weighted by Crippen LogP contribution is -2.33. The number of hydrogen-bond donors (Lipinski definition) is 1. The summed E-state index contributed by atoms with van der Waals surface area (Å²) in [7, 11) is 0. The number of carbonyl (C=O) groups is 1. The van der Waals surface area contributed by atoms with Gasteiger partial charge in [0.1, 0.15) is 11.6 Å². The topological polar surface area (TPSA) is 43.1 Å². The highest BCUT2D eigenvalue weighted by atomic mass is 19.1. The van der Waals surface area contributed by atoms with Crippen LogP contribution in [0.2, 0.25) is 0 Å². The normalized spacial score (nSPS) is 17.5. The summed E-state index contributed by atoms with van der Waals surface area (Å²) in [6, 6.07) is 2.14. The molecule has 1 aromatic rings. The molecule has 1 fully saturated rings. The Bertz CT molecular complexity index is 402. The van der Waals surface area contributed by atoms with Gasteiger partial charge in [-0.15, -0.1) is 0 Å². The van der Waals surface area contributed by atoms with Crippen LogP contribution in [0.1, 0.15) is 23.2 Å². The fraction of sp³-hybridized carbons (Fsp3) is 0.364. The third-order valence-corrected chi connectivity index (χ3v) is 2.63. The SMILES string of the molecule is NC(C(=O)c1cc(F)ccc1F)C1CC1. The Labute approximate surface area is 86.1 Å². The van der Waals surface area contributed by atoms with Crippen LogP contribution in [0.15, 0.2) is 18.2 Å². The molecular weight excluding hydrogens is 200 g/mol. The molecule has 1 aromatic carbocycles. The van der Waals surface area contributed by atoms with Crippen LogP contribution in [-0.2, 0) is 0 Å². The van der Waals surface area contributed by atoms with Crippen LogP contribution in [0.25, 0.3) is 0 Å². The van der Waals surface area contributed by atoms with E-state index in [1.807, 2.05) is 0 Å². The molecule has 0 aliphatic heterocycles. The first kappa shape index (κ1) is 10.2. The second-order valence-electron chi connectivity index (χ2n) is 3.85. The van der Waals surface area contributed by atoms with E-state index in [1.165, 1.54) is 0 Å². The summed E-state index contributed by atoms with van der Waals surface area (Å²) in [6.07, 6.45) is 1.79. The number of nitrogens with two attached hydrogens (primary N) is 1. The van der Waals surface area contributed by atoms with Gasteiger partial charge in [0.05, 0.1) is 11.6 Å². The highest BCUT2D eigenvalue weighted by molar-refractivity contribution is 6.00. The molecule has 0 heterocycles. The highest BCUT2D eigenvalue weighted by Crippen LogP contribution is 2.33. The quantitative estimate of drug-likeness (QED) is 0.776. The Morgan fingerprint density at radius 2 is 2.07 bits per heavy atom. The van der Waals surface area contributed by atoms with E-state index in [0.717, 1.165) is 31.0 Å². The van der Waals surface area contributed by atoms with Gasteiger partial charge in [0.2, 0.25) is 0 Å². The van der Waals surface area contributed by atoms with E-state index in [0.29, 0.717) is 0 Å². The summed E-state index contributed by atoms with van der Waals surface area (Å²) in [5.41, 5.74) is 5.39. The van der Waals surface area contributed by atoms with E-state index >= 15 is 0 Å². The fourth-order valence-electron chi connectivity index (χ4n) is 1.54. The van der Waals surface area contributed by atoms with Crippen LogP contribution in [0.5, 0.6) is 0 Å². The molecule has 4 heteroatoms. The van der Waals surface area contributed by atoms with Crippen LogP contribution in [0, 0.1) is 17.6 Å². The van der Waals surface area contributed by atoms with Crippen molar-refractivity contribution in [3.05, 3.63) is 35.4 Å². The molecule has 0 aromatic heterocycles. The number of Topliss-reactive ketones (excluding diaryl/α,β-unsaturated/α-hetero) is 1. The van der Waals surface area contributed by atoms with E-state index in [4.69, 9.17) is 5.73 Å². The largest absolute Gasteiger partial charge is 0.321 e. The Balaban J connectivity index is 2.27. The van der Waals surface area contributed by atoms with Crippen molar-refractivity contribution in [1.29, 1.82) is 0 Å². The minimum atomic E-state index is -0.711. The molecule has 2 nitrogen and oxygen atoms in total. The Morgan fingerprint density at radius 3 is 2.67 bits per heavy atom. The van der Waals surface area contributed by atoms with Gasteiger partial charge in [-0.1, -0.05) is 0 Å².